The number of aromatic nitrogens is 4. The summed E-state index contributed by atoms with van der Waals surface area (Å²) in [5.74, 6) is -1.20. The maximum atomic E-state index is 12.0. The average molecular weight is 321 g/mol. The van der Waals surface area contributed by atoms with E-state index in [1.807, 2.05) is 4.98 Å². The van der Waals surface area contributed by atoms with Crippen molar-refractivity contribution in [1.29, 1.82) is 0 Å². The van der Waals surface area contributed by atoms with Gasteiger partial charge in [-0.05, 0) is 0 Å². The Labute approximate surface area is 129 Å². The summed E-state index contributed by atoms with van der Waals surface area (Å²) in [7, 11) is 1.21. The number of nitrogens with zero attached hydrogens (tertiary/aromatic N) is 2. The molecule has 2 heterocycles. The normalized spacial score (nSPS) is 11.7. The van der Waals surface area contributed by atoms with Crippen molar-refractivity contribution in [2.24, 2.45) is 0 Å². The third-order valence-electron chi connectivity index (χ3n) is 3.01. The molecular weight excluding hydrogens is 306 g/mol. The second-order valence-electron chi connectivity index (χ2n) is 4.66. The number of carbonyl (C=O) groups is 2. The summed E-state index contributed by atoms with van der Waals surface area (Å²) in [6.07, 6.45) is 4.33. The largest absolute Gasteiger partial charge is 0.467 e. The fourth-order valence-corrected chi connectivity index (χ4v) is 1.92. The van der Waals surface area contributed by atoms with Gasteiger partial charge in [0.2, 0.25) is 5.91 Å². The van der Waals surface area contributed by atoms with E-state index in [4.69, 9.17) is 0 Å². The van der Waals surface area contributed by atoms with Gasteiger partial charge in [0.15, 0.2) is 0 Å². The molecule has 0 aromatic carbocycles. The van der Waals surface area contributed by atoms with Crippen LogP contribution in [0.1, 0.15) is 5.69 Å². The van der Waals surface area contributed by atoms with E-state index in [-0.39, 0.29) is 13.0 Å². The number of amides is 1. The Balaban J connectivity index is 2.06. The molecule has 0 aliphatic carbocycles. The maximum absolute atomic E-state index is 12.0. The standard InChI is InChI=1S/C13H15N5O5/c1-23-12(21)9(4-8-5-14-7-15-8)16-11(20)6-18-3-2-10(19)17-13(18)22/h2-3,5,7,9H,4,6H2,1H3,(H,14,15)(H,16,20)(H,17,19,22)/t9-/m0/s1. The highest BCUT2D eigenvalue weighted by atomic mass is 16.5. The minimum absolute atomic E-state index is 0.166. The lowest BCUT2D eigenvalue weighted by molar-refractivity contribution is -0.145. The monoisotopic (exact) mass is 321 g/mol. The molecule has 0 saturated carbocycles. The molecule has 23 heavy (non-hydrogen) atoms. The Kier molecular flexibility index (Phi) is 5.07. The third-order valence-corrected chi connectivity index (χ3v) is 3.01. The fraction of sp³-hybridized carbons (Fsp3) is 0.308. The van der Waals surface area contributed by atoms with Crippen LogP contribution >= 0.6 is 0 Å². The molecule has 1 amide bonds. The van der Waals surface area contributed by atoms with E-state index in [0.717, 1.165) is 10.6 Å². The Bertz CT molecular complexity index is 792. The molecular formula is C13H15N5O5. The van der Waals surface area contributed by atoms with Crippen LogP contribution < -0.4 is 16.6 Å². The van der Waals surface area contributed by atoms with Gasteiger partial charge in [-0.1, -0.05) is 0 Å². The number of hydrogen-bond donors (Lipinski definition) is 3. The lowest BCUT2D eigenvalue weighted by atomic mass is 10.1. The van der Waals surface area contributed by atoms with Gasteiger partial charge in [-0.25, -0.2) is 14.6 Å². The number of methoxy groups -OCH3 is 1. The minimum Gasteiger partial charge on any atom is -0.467 e. The lowest BCUT2D eigenvalue weighted by Crippen LogP contribution is -2.45. The summed E-state index contributed by atoms with van der Waals surface area (Å²) < 4.78 is 5.66. The highest BCUT2D eigenvalue weighted by Crippen LogP contribution is 2.00. The molecule has 0 saturated heterocycles. The van der Waals surface area contributed by atoms with Crippen LogP contribution in [0.4, 0.5) is 0 Å². The van der Waals surface area contributed by atoms with Crippen LogP contribution in [-0.4, -0.2) is 44.5 Å². The van der Waals surface area contributed by atoms with Gasteiger partial charge in [0.05, 0.1) is 13.4 Å². The smallest absolute Gasteiger partial charge is 0.328 e. The summed E-state index contributed by atoms with van der Waals surface area (Å²) in [6, 6.07) is 0.197. The van der Waals surface area contributed by atoms with Crippen molar-refractivity contribution in [1.82, 2.24) is 24.8 Å². The molecule has 2 aromatic rings. The van der Waals surface area contributed by atoms with Gasteiger partial charge < -0.3 is 15.0 Å². The number of hydrogen-bond acceptors (Lipinski definition) is 6. The van der Waals surface area contributed by atoms with Gasteiger partial charge in [-0.3, -0.25) is 19.1 Å². The van der Waals surface area contributed by atoms with Gasteiger partial charge in [0, 0.05) is 30.6 Å². The lowest BCUT2D eigenvalue weighted by Gasteiger charge is -2.16. The molecule has 0 aliphatic rings. The average Bonchev–Trinajstić information content (AvgIpc) is 3.01. The number of esters is 1. The van der Waals surface area contributed by atoms with E-state index < -0.39 is 29.2 Å². The second-order valence-corrected chi connectivity index (χ2v) is 4.66. The van der Waals surface area contributed by atoms with Gasteiger partial charge in [-0.2, -0.15) is 0 Å². The summed E-state index contributed by atoms with van der Waals surface area (Å²) >= 11 is 0. The van der Waals surface area contributed by atoms with Gasteiger partial charge in [0.25, 0.3) is 5.56 Å². The molecule has 122 valence electrons. The first kappa shape index (κ1) is 16.2. The molecule has 0 aliphatic heterocycles. The summed E-state index contributed by atoms with van der Waals surface area (Å²) in [4.78, 5) is 54.9. The Morgan fingerprint density at radius 3 is 2.83 bits per heavy atom. The summed E-state index contributed by atoms with van der Waals surface area (Å²) in [5, 5.41) is 2.48. The highest BCUT2D eigenvalue weighted by molar-refractivity contribution is 5.84. The first-order valence-electron chi connectivity index (χ1n) is 6.64. The number of carbonyl (C=O) groups excluding carboxylic acids is 2. The molecule has 2 aromatic heterocycles. The van der Waals surface area contributed by atoms with Crippen LogP contribution in [-0.2, 0) is 27.3 Å². The SMILES string of the molecule is COC(=O)[C@H](Cc1cnc[nH]1)NC(=O)Cn1ccc(=O)[nH]c1=O. The van der Waals surface area contributed by atoms with E-state index in [0.29, 0.717) is 5.69 Å². The fourth-order valence-electron chi connectivity index (χ4n) is 1.92. The Morgan fingerprint density at radius 2 is 2.22 bits per heavy atom. The molecule has 2 rings (SSSR count). The van der Waals surface area contributed by atoms with E-state index in [9.17, 15) is 19.2 Å². The molecule has 10 nitrogen and oxygen atoms in total. The first-order valence-corrected chi connectivity index (χ1v) is 6.64. The minimum atomic E-state index is -0.925. The quantitative estimate of drug-likeness (QED) is 0.534. The van der Waals surface area contributed by atoms with Crippen molar-refractivity contribution in [3.63, 3.8) is 0 Å². The van der Waals surface area contributed by atoms with Gasteiger partial charge in [0.1, 0.15) is 12.6 Å². The Hall–Kier alpha value is -3.17. The van der Waals surface area contributed by atoms with E-state index in [1.165, 1.54) is 25.8 Å². The van der Waals surface area contributed by atoms with Crippen molar-refractivity contribution in [2.45, 2.75) is 19.0 Å². The maximum Gasteiger partial charge on any atom is 0.328 e. The zero-order valence-electron chi connectivity index (χ0n) is 12.2. The van der Waals surface area contributed by atoms with Crippen LogP contribution in [0.5, 0.6) is 0 Å². The molecule has 0 radical (unpaired) electrons. The number of imidazole rings is 1. The molecule has 0 spiro atoms. The van der Waals surface area contributed by atoms with Crippen molar-refractivity contribution < 1.29 is 14.3 Å². The zero-order chi connectivity index (χ0) is 16.8. The number of nitrogens with one attached hydrogen (secondary N) is 3. The molecule has 0 bridgehead atoms. The molecule has 0 fully saturated rings. The topological polar surface area (TPSA) is 139 Å². The van der Waals surface area contributed by atoms with Crippen molar-refractivity contribution >= 4 is 11.9 Å². The van der Waals surface area contributed by atoms with Crippen LogP contribution in [0.2, 0.25) is 0 Å². The molecule has 1 atom stereocenters. The van der Waals surface area contributed by atoms with Crippen molar-refractivity contribution in [2.75, 3.05) is 7.11 Å². The van der Waals surface area contributed by atoms with Crippen molar-refractivity contribution in [3.05, 3.63) is 51.3 Å². The number of aromatic amines is 2. The summed E-state index contributed by atoms with van der Waals surface area (Å²) in [5.41, 5.74) is -0.629. The van der Waals surface area contributed by atoms with E-state index in [2.05, 4.69) is 20.0 Å². The van der Waals surface area contributed by atoms with Gasteiger partial charge >= 0.3 is 11.7 Å². The Morgan fingerprint density at radius 1 is 1.43 bits per heavy atom. The van der Waals surface area contributed by atoms with Crippen LogP contribution in [0.15, 0.2) is 34.4 Å². The molecule has 0 unspecified atom stereocenters. The van der Waals surface area contributed by atoms with Gasteiger partial charge in [-0.15, -0.1) is 0 Å². The first-order chi connectivity index (χ1) is 11.0. The predicted molar refractivity (Wildman–Crippen MR) is 77.6 cm³/mol. The van der Waals surface area contributed by atoms with Crippen LogP contribution in [0, 0.1) is 0 Å². The summed E-state index contributed by atoms with van der Waals surface area (Å²) in [6.45, 7) is -0.341. The molecule has 3 N–H and O–H groups in total. The van der Waals surface area contributed by atoms with Crippen molar-refractivity contribution in [3.8, 4) is 0 Å². The zero-order valence-corrected chi connectivity index (χ0v) is 12.2. The van der Waals surface area contributed by atoms with E-state index >= 15 is 0 Å². The second kappa shape index (κ2) is 7.20. The predicted octanol–water partition coefficient (Wildman–Crippen LogP) is -1.84. The number of ether oxygens (including phenoxy) is 1. The van der Waals surface area contributed by atoms with Crippen LogP contribution in [0.3, 0.4) is 0 Å². The number of rotatable bonds is 6. The third kappa shape index (κ3) is 4.40. The molecule has 10 heteroatoms. The number of H-pyrrole nitrogens is 2. The highest BCUT2D eigenvalue weighted by Gasteiger charge is 2.22. The van der Waals surface area contributed by atoms with Crippen LogP contribution in [0.25, 0.3) is 0 Å². The van der Waals surface area contributed by atoms with E-state index in [1.54, 1.807) is 0 Å².